The monoisotopic (exact) mass is 663 g/mol. The van der Waals surface area contributed by atoms with Crippen LogP contribution in [0.5, 0.6) is 0 Å². The van der Waals surface area contributed by atoms with Crippen LogP contribution < -0.4 is 0 Å². The molecule has 0 atom stereocenters. The van der Waals surface area contributed by atoms with Crippen LogP contribution in [0.1, 0.15) is 0 Å². The van der Waals surface area contributed by atoms with Gasteiger partial charge in [-0.15, -0.1) is 0 Å². The van der Waals surface area contributed by atoms with Crippen LogP contribution in [0.2, 0.25) is 0 Å². The zero-order valence-corrected chi connectivity index (χ0v) is 28.4. The number of hydrogen-bond donors (Lipinski definition) is 0. The Morgan fingerprint density at radius 3 is 1.12 bits per heavy atom. The topological polar surface area (TPSA) is 38.7 Å². The van der Waals surface area contributed by atoms with E-state index in [1.54, 1.807) is 0 Å². The summed E-state index contributed by atoms with van der Waals surface area (Å²) >= 11 is 0. The largest absolute Gasteiger partial charge is 0.256 e. The summed E-state index contributed by atoms with van der Waals surface area (Å²) in [6.07, 6.45) is 1.82. The van der Waals surface area contributed by atoms with Crippen molar-refractivity contribution in [3.63, 3.8) is 0 Å². The Labute approximate surface area is 303 Å². The SMILES string of the molecule is c1ccc(-c2ccccc2-c2cc3nc(-c4ccccc4)c(-c4ccc(-c5ccccn5)cc4)nc3cc2-c2ccccc2-c2ccccc2)cc1. The Hall–Kier alpha value is -6.97. The Bertz CT molecular complexity index is 2640. The van der Waals surface area contributed by atoms with Gasteiger partial charge in [-0.25, -0.2) is 9.97 Å². The predicted octanol–water partition coefficient (Wildman–Crippen LogP) is 12.7. The molecule has 0 aliphatic carbocycles. The molecule has 0 aliphatic heterocycles. The van der Waals surface area contributed by atoms with Crippen molar-refractivity contribution in [2.75, 3.05) is 0 Å². The highest BCUT2D eigenvalue weighted by atomic mass is 14.8. The van der Waals surface area contributed by atoms with Gasteiger partial charge in [-0.05, 0) is 68.8 Å². The molecule has 9 aromatic rings. The maximum Gasteiger partial charge on any atom is 0.0973 e. The Kier molecular flexibility index (Phi) is 8.20. The summed E-state index contributed by atoms with van der Waals surface area (Å²) in [5.41, 5.74) is 16.5. The third-order valence-electron chi connectivity index (χ3n) is 9.57. The van der Waals surface area contributed by atoms with E-state index in [1.807, 2.05) is 30.5 Å². The highest BCUT2D eigenvalue weighted by molar-refractivity contribution is 6.01. The first-order valence-corrected chi connectivity index (χ1v) is 17.5. The predicted molar refractivity (Wildman–Crippen MR) is 215 cm³/mol. The molecular formula is C49H33N3. The summed E-state index contributed by atoms with van der Waals surface area (Å²) in [6.45, 7) is 0. The van der Waals surface area contributed by atoms with Gasteiger partial charge >= 0.3 is 0 Å². The second-order valence-electron chi connectivity index (χ2n) is 12.8. The number of nitrogens with zero attached hydrogens (tertiary/aromatic N) is 3. The van der Waals surface area contributed by atoms with Crippen LogP contribution in [0.3, 0.4) is 0 Å². The van der Waals surface area contributed by atoms with Crippen molar-refractivity contribution in [2.45, 2.75) is 0 Å². The summed E-state index contributed by atoms with van der Waals surface area (Å²) in [5.74, 6) is 0. The van der Waals surface area contributed by atoms with Crippen molar-refractivity contribution in [1.82, 2.24) is 15.0 Å². The Morgan fingerprint density at radius 1 is 0.269 bits per heavy atom. The van der Waals surface area contributed by atoms with Gasteiger partial charge in [0.1, 0.15) is 0 Å². The second-order valence-corrected chi connectivity index (χ2v) is 12.8. The highest BCUT2D eigenvalue weighted by Gasteiger charge is 2.20. The van der Waals surface area contributed by atoms with Crippen LogP contribution in [-0.4, -0.2) is 15.0 Å². The van der Waals surface area contributed by atoms with Gasteiger partial charge in [-0.2, -0.15) is 0 Å². The lowest BCUT2D eigenvalue weighted by atomic mass is 9.86. The maximum absolute atomic E-state index is 5.45. The van der Waals surface area contributed by atoms with Crippen molar-refractivity contribution in [1.29, 1.82) is 0 Å². The molecule has 9 rings (SSSR count). The fourth-order valence-electron chi connectivity index (χ4n) is 7.05. The maximum atomic E-state index is 5.45. The molecule has 7 aromatic carbocycles. The van der Waals surface area contributed by atoms with Crippen LogP contribution in [0.25, 0.3) is 89.3 Å². The Balaban J connectivity index is 1.31. The normalized spacial score (nSPS) is 11.1. The standard InChI is InChI=1S/C49H33N3/c1-4-16-34(17-5-1)39-22-10-12-24-41(39)43-32-46-47(33-44(43)42-25-13-11-23-40(42)35-18-6-2-7-19-35)52-49(48(51-46)37-20-8-3-9-21-37)38-29-27-36(28-30-38)45-26-14-15-31-50-45/h1-33H. The quantitative estimate of drug-likeness (QED) is 0.170. The molecule has 0 amide bonds. The number of rotatable bonds is 7. The van der Waals surface area contributed by atoms with Gasteiger partial charge in [-0.1, -0.05) is 170 Å². The summed E-state index contributed by atoms with van der Waals surface area (Å²) in [6, 6.07) is 67.9. The summed E-state index contributed by atoms with van der Waals surface area (Å²) < 4.78 is 0. The van der Waals surface area contributed by atoms with E-state index >= 15 is 0 Å². The first-order chi connectivity index (χ1) is 25.8. The van der Waals surface area contributed by atoms with Gasteiger partial charge in [0.15, 0.2) is 0 Å². The molecule has 0 bridgehead atoms. The summed E-state index contributed by atoms with van der Waals surface area (Å²) in [5, 5.41) is 0. The van der Waals surface area contributed by atoms with Gasteiger partial charge in [0.25, 0.3) is 0 Å². The van der Waals surface area contributed by atoms with Gasteiger partial charge in [-0.3, -0.25) is 4.98 Å². The fourth-order valence-corrected chi connectivity index (χ4v) is 7.05. The average Bonchev–Trinajstić information content (AvgIpc) is 3.24. The molecule has 244 valence electrons. The molecule has 2 aromatic heterocycles. The zero-order chi connectivity index (χ0) is 34.7. The molecule has 0 aliphatic rings. The van der Waals surface area contributed by atoms with Gasteiger partial charge in [0.05, 0.1) is 28.1 Å². The molecule has 3 nitrogen and oxygen atoms in total. The van der Waals surface area contributed by atoms with E-state index in [4.69, 9.17) is 9.97 Å². The molecule has 2 heterocycles. The van der Waals surface area contributed by atoms with Gasteiger partial charge < -0.3 is 0 Å². The number of hydrogen-bond acceptors (Lipinski definition) is 3. The van der Waals surface area contributed by atoms with E-state index in [0.717, 1.165) is 67.1 Å². The first kappa shape index (κ1) is 31.0. The number of pyridine rings is 1. The van der Waals surface area contributed by atoms with Crippen LogP contribution in [-0.2, 0) is 0 Å². The van der Waals surface area contributed by atoms with Crippen molar-refractivity contribution in [3.05, 3.63) is 200 Å². The van der Waals surface area contributed by atoms with E-state index < -0.39 is 0 Å². The van der Waals surface area contributed by atoms with Crippen LogP contribution in [0.4, 0.5) is 0 Å². The average molecular weight is 664 g/mol. The number of fused-ring (bicyclic) bond motifs is 1. The highest BCUT2D eigenvalue weighted by Crippen LogP contribution is 2.44. The minimum Gasteiger partial charge on any atom is -0.256 e. The van der Waals surface area contributed by atoms with Gasteiger partial charge in [0.2, 0.25) is 0 Å². The molecule has 3 heteroatoms. The Morgan fingerprint density at radius 2 is 0.654 bits per heavy atom. The zero-order valence-electron chi connectivity index (χ0n) is 28.4. The molecule has 0 radical (unpaired) electrons. The summed E-state index contributed by atoms with van der Waals surface area (Å²) in [7, 11) is 0. The van der Waals surface area contributed by atoms with Crippen molar-refractivity contribution >= 4 is 11.0 Å². The molecule has 0 unspecified atom stereocenters. The number of benzene rings is 7. The molecule has 0 saturated carbocycles. The van der Waals surface area contributed by atoms with Crippen LogP contribution in [0, 0.1) is 0 Å². The van der Waals surface area contributed by atoms with Crippen molar-refractivity contribution in [3.8, 4) is 78.3 Å². The third-order valence-corrected chi connectivity index (χ3v) is 9.57. The van der Waals surface area contributed by atoms with Crippen LogP contribution >= 0.6 is 0 Å². The number of aromatic nitrogens is 3. The second kappa shape index (κ2) is 13.7. The molecule has 0 N–H and O–H groups in total. The lowest BCUT2D eigenvalue weighted by Crippen LogP contribution is -1.98. The van der Waals surface area contributed by atoms with E-state index in [0.29, 0.717) is 0 Å². The molecular weight excluding hydrogens is 631 g/mol. The smallest absolute Gasteiger partial charge is 0.0973 e. The van der Waals surface area contributed by atoms with E-state index in [2.05, 4.69) is 175 Å². The molecule has 0 saturated heterocycles. The summed E-state index contributed by atoms with van der Waals surface area (Å²) in [4.78, 5) is 15.4. The van der Waals surface area contributed by atoms with E-state index in [-0.39, 0.29) is 0 Å². The van der Waals surface area contributed by atoms with E-state index in [9.17, 15) is 0 Å². The first-order valence-electron chi connectivity index (χ1n) is 17.5. The van der Waals surface area contributed by atoms with Gasteiger partial charge in [0, 0.05) is 22.9 Å². The molecule has 52 heavy (non-hydrogen) atoms. The molecule has 0 fully saturated rings. The minimum absolute atomic E-state index is 0.835. The fraction of sp³-hybridized carbons (Fsp3) is 0. The molecule has 0 spiro atoms. The van der Waals surface area contributed by atoms with E-state index in [1.165, 1.54) is 22.3 Å². The van der Waals surface area contributed by atoms with Crippen molar-refractivity contribution in [2.24, 2.45) is 0 Å². The minimum atomic E-state index is 0.835. The lowest BCUT2D eigenvalue weighted by Gasteiger charge is -2.19. The van der Waals surface area contributed by atoms with Crippen molar-refractivity contribution < 1.29 is 0 Å². The van der Waals surface area contributed by atoms with Crippen LogP contribution in [0.15, 0.2) is 200 Å². The lowest BCUT2D eigenvalue weighted by molar-refractivity contribution is 1.29. The third kappa shape index (κ3) is 5.95.